The second kappa shape index (κ2) is 5.37. The summed E-state index contributed by atoms with van der Waals surface area (Å²) in [6.45, 7) is 0.925. The van der Waals surface area contributed by atoms with Crippen molar-refractivity contribution in [3.05, 3.63) is 47.3 Å². The van der Waals surface area contributed by atoms with Crippen LogP contribution < -0.4 is 5.32 Å². The van der Waals surface area contributed by atoms with Crippen molar-refractivity contribution >= 4 is 0 Å². The van der Waals surface area contributed by atoms with E-state index in [1.54, 1.807) is 0 Å². The molecule has 122 valence electrons. The third-order valence-corrected chi connectivity index (χ3v) is 5.36. The van der Waals surface area contributed by atoms with Crippen LogP contribution in [0.1, 0.15) is 36.6 Å². The van der Waals surface area contributed by atoms with Crippen molar-refractivity contribution in [2.24, 2.45) is 11.3 Å². The maximum Gasteiger partial charge on any atom is 0.129 e. The molecule has 6 heteroatoms. The number of aromatic nitrogens is 3. The van der Waals surface area contributed by atoms with Gasteiger partial charge in [-0.25, -0.2) is 8.78 Å². The summed E-state index contributed by atoms with van der Waals surface area (Å²) in [5.41, 5.74) is 1.91. The first-order chi connectivity index (χ1) is 11.1. The monoisotopic (exact) mass is 318 g/mol. The highest BCUT2D eigenvalue weighted by Crippen LogP contribution is 2.70. The molecule has 2 aliphatic rings. The topological polar surface area (TPSA) is 42.7 Å². The number of hydrogen-bond acceptors (Lipinski definition) is 3. The van der Waals surface area contributed by atoms with Crippen LogP contribution in [0.5, 0.6) is 0 Å². The van der Waals surface area contributed by atoms with Gasteiger partial charge in [-0.05, 0) is 55.7 Å². The van der Waals surface area contributed by atoms with Gasteiger partial charge < -0.3 is 5.32 Å². The van der Waals surface area contributed by atoms with Gasteiger partial charge in [0.1, 0.15) is 11.6 Å². The molecule has 23 heavy (non-hydrogen) atoms. The van der Waals surface area contributed by atoms with Crippen molar-refractivity contribution in [3.63, 3.8) is 0 Å². The molecule has 2 unspecified atom stereocenters. The first-order valence-corrected chi connectivity index (χ1v) is 8.11. The van der Waals surface area contributed by atoms with Crippen LogP contribution in [0.4, 0.5) is 8.78 Å². The minimum Gasteiger partial charge on any atom is -0.311 e. The molecule has 1 spiro atoms. The van der Waals surface area contributed by atoms with Crippen molar-refractivity contribution < 1.29 is 8.78 Å². The molecule has 0 aliphatic heterocycles. The lowest BCUT2D eigenvalue weighted by Crippen LogP contribution is -2.20. The number of halogens is 2. The summed E-state index contributed by atoms with van der Waals surface area (Å²) in [6.07, 6.45) is 6.40. The summed E-state index contributed by atoms with van der Waals surface area (Å²) >= 11 is 0. The summed E-state index contributed by atoms with van der Waals surface area (Å²) in [5, 5.41) is 11.6. The first-order valence-electron chi connectivity index (χ1n) is 8.11. The van der Waals surface area contributed by atoms with Crippen molar-refractivity contribution in [2.75, 3.05) is 7.05 Å². The van der Waals surface area contributed by atoms with Crippen LogP contribution in [-0.4, -0.2) is 22.0 Å². The lowest BCUT2D eigenvalue weighted by Gasteiger charge is -2.13. The van der Waals surface area contributed by atoms with E-state index in [2.05, 4.69) is 15.6 Å². The number of likely N-dealkylation sites (N-methyl/N-ethyl adjacent to an activating group) is 1. The number of nitrogens with one attached hydrogen (secondary N) is 1. The lowest BCUT2D eigenvalue weighted by molar-refractivity contribution is 0.511. The maximum atomic E-state index is 13.8. The Balaban J connectivity index is 1.45. The summed E-state index contributed by atoms with van der Waals surface area (Å²) in [7, 11) is 1.81. The normalized spacial score (nSPS) is 22.3. The van der Waals surface area contributed by atoms with Gasteiger partial charge in [0.15, 0.2) is 0 Å². The minimum atomic E-state index is -0.559. The van der Waals surface area contributed by atoms with Crippen LogP contribution in [0.2, 0.25) is 0 Å². The van der Waals surface area contributed by atoms with E-state index in [-0.39, 0.29) is 6.04 Å². The number of hydrogen-bond donors (Lipinski definition) is 1. The molecule has 0 amide bonds. The standard InChI is InChI=1S/C17H20F2N4/c1-20-15(6-11-2-3-13(18)7-14(11)19)16-10-23(22-21-16)9-12-8-17(12)4-5-17/h2-3,7,10,12,15,20H,4-6,8-9H2,1H3. The van der Waals surface area contributed by atoms with E-state index in [9.17, 15) is 8.78 Å². The van der Waals surface area contributed by atoms with Gasteiger partial charge in [-0.2, -0.15) is 0 Å². The van der Waals surface area contributed by atoms with Crippen molar-refractivity contribution in [1.82, 2.24) is 20.3 Å². The smallest absolute Gasteiger partial charge is 0.129 e. The fourth-order valence-electron chi connectivity index (χ4n) is 3.51. The Morgan fingerprint density at radius 1 is 1.39 bits per heavy atom. The molecule has 1 aromatic carbocycles. The molecule has 2 saturated carbocycles. The molecule has 2 fully saturated rings. The van der Waals surface area contributed by atoms with E-state index in [0.717, 1.165) is 24.2 Å². The molecule has 0 saturated heterocycles. The quantitative estimate of drug-likeness (QED) is 0.890. The zero-order valence-corrected chi connectivity index (χ0v) is 13.1. The Morgan fingerprint density at radius 2 is 2.22 bits per heavy atom. The minimum absolute atomic E-state index is 0.141. The van der Waals surface area contributed by atoms with E-state index in [1.165, 1.54) is 31.4 Å². The fourth-order valence-corrected chi connectivity index (χ4v) is 3.51. The third-order valence-electron chi connectivity index (χ3n) is 5.36. The van der Waals surface area contributed by atoms with Gasteiger partial charge in [0.2, 0.25) is 0 Å². The van der Waals surface area contributed by atoms with Crippen LogP contribution in [0, 0.1) is 23.0 Å². The van der Waals surface area contributed by atoms with E-state index < -0.39 is 11.6 Å². The SMILES string of the molecule is CNC(Cc1ccc(F)cc1F)c1cn(CC2CC23CC3)nn1. The molecule has 4 rings (SSSR count). The van der Waals surface area contributed by atoms with Gasteiger partial charge in [0, 0.05) is 12.6 Å². The fraction of sp³-hybridized carbons (Fsp3) is 0.529. The highest BCUT2D eigenvalue weighted by molar-refractivity contribution is 5.21. The van der Waals surface area contributed by atoms with Crippen LogP contribution in [0.15, 0.2) is 24.4 Å². The Bertz CT molecular complexity index is 723. The molecule has 1 aromatic heterocycles. The molecule has 4 nitrogen and oxygen atoms in total. The Hall–Kier alpha value is -1.82. The van der Waals surface area contributed by atoms with Crippen LogP contribution in [-0.2, 0) is 13.0 Å². The largest absolute Gasteiger partial charge is 0.311 e. The second-order valence-electron chi connectivity index (χ2n) is 6.91. The van der Waals surface area contributed by atoms with E-state index in [1.807, 2.05) is 17.9 Å². The number of benzene rings is 1. The van der Waals surface area contributed by atoms with Gasteiger partial charge in [-0.3, -0.25) is 4.68 Å². The van der Waals surface area contributed by atoms with E-state index in [0.29, 0.717) is 17.4 Å². The van der Waals surface area contributed by atoms with E-state index >= 15 is 0 Å². The summed E-state index contributed by atoms with van der Waals surface area (Å²) in [4.78, 5) is 0. The Kier molecular flexibility index (Phi) is 3.44. The summed E-state index contributed by atoms with van der Waals surface area (Å²) in [6, 6.07) is 3.55. The van der Waals surface area contributed by atoms with Crippen molar-refractivity contribution in [1.29, 1.82) is 0 Å². The lowest BCUT2D eigenvalue weighted by atomic mass is 10.0. The molecule has 2 atom stereocenters. The molecule has 0 bridgehead atoms. The van der Waals surface area contributed by atoms with Crippen LogP contribution in [0.3, 0.4) is 0 Å². The van der Waals surface area contributed by atoms with Crippen molar-refractivity contribution in [3.8, 4) is 0 Å². The van der Waals surface area contributed by atoms with Crippen LogP contribution >= 0.6 is 0 Å². The molecular weight excluding hydrogens is 298 g/mol. The van der Waals surface area contributed by atoms with Gasteiger partial charge in [-0.15, -0.1) is 5.10 Å². The number of nitrogens with zero attached hydrogens (tertiary/aromatic N) is 3. The zero-order valence-electron chi connectivity index (χ0n) is 13.1. The van der Waals surface area contributed by atoms with Gasteiger partial charge in [0.05, 0.1) is 17.9 Å². The van der Waals surface area contributed by atoms with Gasteiger partial charge in [0.25, 0.3) is 0 Å². The van der Waals surface area contributed by atoms with Gasteiger partial charge >= 0.3 is 0 Å². The predicted octanol–water partition coefficient (Wildman–Crippen LogP) is 2.86. The molecule has 1 N–H and O–H groups in total. The van der Waals surface area contributed by atoms with E-state index in [4.69, 9.17) is 0 Å². The third kappa shape index (κ3) is 2.87. The average Bonchev–Trinajstić information content (AvgIpc) is 3.39. The Labute approximate surface area is 133 Å². The molecule has 2 aromatic rings. The predicted molar refractivity (Wildman–Crippen MR) is 81.7 cm³/mol. The number of rotatable bonds is 6. The van der Waals surface area contributed by atoms with Gasteiger partial charge in [-0.1, -0.05) is 11.3 Å². The first kappa shape index (κ1) is 14.8. The molecule has 1 heterocycles. The van der Waals surface area contributed by atoms with Crippen molar-refractivity contribution in [2.45, 2.75) is 38.3 Å². The maximum absolute atomic E-state index is 13.8. The zero-order chi connectivity index (χ0) is 16.0. The average molecular weight is 318 g/mol. The summed E-state index contributed by atoms with van der Waals surface area (Å²) in [5.74, 6) is -0.331. The highest BCUT2D eigenvalue weighted by Gasteiger charge is 2.62. The molecule has 2 aliphatic carbocycles. The molecule has 0 radical (unpaired) electrons. The molecular formula is C17H20F2N4. The highest BCUT2D eigenvalue weighted by atomic mass is 19.1. The van der Waals surface area contributed by atoms with Crippen LogP contribution in [0.25, 0.3) is 0 Å². The Morgan fingerprint density at radius 3 is 2.87 bits per heavy atom. The second-order valence-corrected chi connectivity index (χ2v) is 6.91. The summed E-state index contributed by atoms with van der Waals surface area (Å²) < 4.78 is 28.7.